The fourth-order valence-electron chi connectivity index (χ4n) is 5.13. The van der Waals surface area contributed by atoms with Crippen LogP contribution in [-0.4, -0.2) is 53.3 Å². The summed E-state index contributed by atoms with van der Waals surface area (Å²) in [6, 6.07) is 13.1. The van der Waals surface area contributed by atoms with Crippen molar-refractivity contribution in [2.45, 2.75) is 56.7 Å². The van der Waals surface area contributed by atoms with Gasteiger partial charge in [-0.3, -0.25) is 19.3 Å². The zero-order valence-electron chi connectivity index (χ0n) is 18.8. The van der Waals surface area contributed by atoms with Gasteiger partial charge in [0.05, 0.1) is 0 Å². The van der Waals surface area contributed by atoms with E-state index < -0.39 is 5.91 Å². The topological polar surface area (TPSA) is 115 Å². The molecular weight excluding hydrogens is 420 g/mol. The molecule has 2 aliphatic rings. The van der Waals surface area contributed by atoms with Gasteiger partial charge < -0.3 is 15.8 Å². The molecule has 2 aliphatic carbocycles. The number of ether oxygens (including phenoxy) is 1. The Morgan fingerprint density at radius 3 is 2.58 bits per heavy atom. The summed E-state index contributed by atoms with van der Waals surface area (Å²) in [7, 11) is 1.84. The molecule has 1 aromatic heterocycles. The maximum Gasteiger partial charge on any atom is 0.254 e. The molecule has 0 aliphatic heterocycles. The van der Waals surface area contributed by atoms with Gasteiger partial charge in [0, 0.05) is 24.7 Å². The van der Waals surface area contributed by atoms with Crippen molar-refractivity contribution in [3.63, 3.8) is 0 Å². The van der Waals surface area contributed by atoms with Gasteiger partial charge in [0.15, 0.2) is 0 Å². The number of hydrogen-bond donors (Lipinski definition) is 2. The van der Waals surface area contributed by atoms with E-state index in [1.54, 1.807) is 18.3 Å². The number of pyridine rings is 1. The van der Waals surface area contributed by atoms with E-state index in [1.807, 2.05) is 37.4 Å². The van der Waals surface area contributed by atoms with Gasteiger partial charge in [0.25, 0.3) is 5.91 Å². The first kappa shape index (κ1) is 22.9. The molecule has 3 amide bonds. The number of aromatic nitrogens is 1. The molecule has 33 heavy (non-hydrogen) atoms. The van der Waals surface area contributed by atoms with Crippen LogP contribution in [0.5, 0.6) is 5.88 Å². The molecule has 174 valence electrons. The number of carbonyl (C=O) groups is 3. The first-order valence-corrected chi connectivity index (χ1v) is 11.3. The van der Waals surface area contributed by atoms with Gasteiger partial charge in [-0.1, -0.05) is 30.3 Å². The fourth-order valence-corrected chi connectivity index (χ4v) is 5.13. The summed E-state index contributed by atoms with van der Waals surface area (Å²) in [6.07, 6.45) is 6.39. The zero-order chi connectivity index (χ0) is 23.4. The largest absolute Gasteiger partial charge is 0.474 e. The number of benzene rings is 1. The lowest BCUT2D eigenvalue weighted by atomic mass is 9.52. The van der Waals surface area contributed by atoms with Gasteiger partial charge in [0.2, 0.25) is 18.2 Å². The number of imide groups is 1. The monoisotopic (exact) mass is 450 g/mol. The van der Waals surface area contributed by atoms with Crippen LogP contribution >= 0.6 is 0 Å². The average molecular weight is 451 g/mol. The first-order chi connectivity index (χ1) is 15.9. The second-order valence-corrected chi connectivity index (χ2v) is 9.22. The first-order valence-electron chi connectivity index (χ1n) is 11.3. The highest BCUT2D eigenvalue weighted by molar-refractivity contribution is 5.94. The number of nitrogens with zero attached hydrogens (tertiary/aromatic N) is 2. The number of nitrogens with one attached hydrogen (secondary N) is 1. The lowest BCUT2D eigenvalue weighted by Crippen LogP contribution is -2.60. The molecule has 1 heterocycles. The fraction of sp³-hybridized carbons (Fsp3) is 0.440. The van der Waals surface area contributed by atoms with Crippen LogP contribution in [-0.2, 0) is 16.0 Å². The van der Waals surface area contributed by atoms with Gasteiger partial charge in [0.1, 0.15) is 11.7 Å². The van der Waals surface area contributed by atoms with Crippen LogP contribution in [0.2, 0.25) is 0 Å². The quantitative estimate of drug-likeness (QED) is 0.536. The van der Waals surface area contributed by atoms with Crippen molar-refractivity contribution in [2.75, 3.05) is 7.05 Å². The molecule has 8 nitrogen and oxygen atoms in total. The highest BCUT2D eigenvalue weighted by Gasteiger charge is 2.56. The second kappa shape index (κ2) is 9.70. The van der Waals surface area contributed by atoms with Crippen molar-refractivity contribution < 1.29 is 19.1 Å². The molecule has 1 spiro atoms. The minimum absolute atomic E-state index is 0.0318. The maximum atomic E-state index is 12.9. The van der Waals surface area contributed by atoms with Crippen LogP contribution in [0.25, 0.3) is 0 Å². The molecule has 1 atom stereocenters. The third-order valence-corrected chi connectivity index (χ3v) is 6.92. The number of hydrogen-bond acceptors (Lipinski definition) is 6. The van der Waals surface area contributed by atoms with Gasteiger partial charge in [-0.25, -0.2) is 4.98 Å². The Labute approximate surface area is 193 Å². The molecule has 0 saturated heterocycles. The number of amides is 3. The van der Waals surface area contributed by atoms with Crippen LogP contribution in [0.4, 0.5) is 0 Å². The minimum atomic E-state index is -0.567. The molecule has 1 aromatic carbocycles. The highest BCUT2D eigenvalue weighted by Crippen LogP contribution is 2.58. The Hall–Kier alpha value is -3.26. The number of carbonyl (C=O) groups excluding carboxylic acids is 3. The smallest absolute Gasteiger partial charge is 0.254 e. The molecule has 4 rings (SSSR count). The van der Waals surface area contributed by atoms with Crippen molar-refractivity contribution in [3.8, 4) is 5.88 Å². The molecule has 3 N–H and O–H groups in total. The zero-order valence-corrected chi connectivity index (χ0v) is 18.8. The van der Waals surface area contributed by atoms with Crippen LogP contribution in [0.15, 0.2) is 48.7 Å². The average Bonchev–Trinajstić information content (AvgIpc) is 2.76. The van der Waals surface area contributed by atoms with E-state index in [1.165, 1.54) is 4.90 Å². The number of likely N-dealkylation sites (N-methyl/N-ethyl adjacent to an activating group) is 1. The van der Waals surface area contributed by atoms with Gasteiger partial charge in [-0.15, -0.1) is 0 Å². The van der Waals surface area contributed by atoms with Crippen molar-refractivity contribution in [2.24, 2.45) is 11.1 Å². The Kier molecular flexibility index (Phi) is 6.74. The predicted molar refractivity (Wildman–Crippen MR) is 122 cm³/mol. The van der Waals surface area contributed by atoms with Crippen molar-refractivity contribution in [1.29, 1.82) is 0 Å². The van der Waals surface area contributed by atoms with Crippen molar-refractivity contribution in [1.82, 2.24) is 15.2 Å². The number of primary amides is 1. The van der Waals surface area contributed by atoms with Gasteiger partial charge >= 0.3 is 0 Å². The highest BCUT2D eigenvalue weighted by atomic mass is 16.5. The number of nitrogens with two attached hydrogens (primary N) is 1. The van der Waals surface area contributed by atoms with E-state index in [0.717, 1.165) is 37.7 Å². The molecular formula is C25H30N4O4. The Bertz CT molecular complexity index is 998. The Morgan fingerprint density at radius 2 is 1.94 bits per heavy atom. The lowest BCUT2D eigenvalue weighted by molar-refractivity contribution is -0.155. The SMILES string of the molecule is CNC(CC(=O)N(C=O)[C@H]1CC2(C[C@H](Oc3ncccc3C(N)=O)C2)C1)Cc1ccccc1. The summed E-state index contributed by atoms with van der Waals surface area (Å²) in [4.78, 5) is 41.7. The summed E-state index contributed by atoms with van der Waals surface area (Å²) >= 11 is 0. The van der Waals surface area contributed by atoms with Crippen LogP contribution in [0.3, 0.4) is 0 Å². The van der Waals surface area contributed by atoms with Crippen molar-refractivity contribution in [3.05, 3.63) is 59.8 Å². The maximum absolute atomic E-state index is 12.9. The summed E-state index contributed by atoms with van der Waals surface area (Å²) in [5.74, 6) is -0.447. The van der Waals surface area contributed by atoms with Crippen LogP contribution < -0.4 is 15.8 Å². The summed E-state index contributed by atoms with van der Waals surface area (Å²) < 4.78 is 5.90. The molecule has 2 fully saturated rings. The van der Waals surface area contributed by atoms with E-state index >= 15 is 0 Å². The summed E-state index contributed by atoms with van der Waals surface area (Å²) in [6.45, 7) is 0. The molecule has 0 radical (unpaired) electrons. The van der Waals surface area contributed by atoms with Crippen molar-refractivity contribution >= 4 is 18.2 Å². The van der Waals surface area contributed by atoms with E-state index in [4.69, 9.17) is 10.5 Å². The third-order valence-electron chi connectivity index (χ3n) is 6.92. The van der Waals surface area contributed by atoms with Gasteiger partial charge in [-0.05, 0) is 62.3 Å². The van der Waals surface area contributed by atoms with E-state index in [2.05, 4.69) is 10.3 Å². The lowest BCUT2D eigenvalue weighted by Gasteiger charge is -2.58. The Morgan fingerprint density at radius 1 is 1.21 bits per heavy atom. The van der Waals surface area contributed by atoms with Crippen LogP contribution in [0, 0.1) is 5.41 Å². The van der Waals surface area contributed by atoms with Crippen LogP contribution in [0.1, 0.15) is 48.0 Å². The molecule has 2 saturated carbocycles. The predicted octanol–water partition coefficient (Wildman–Crippen LogP) is 2.08. The van der Waals surface area contributed by atoms with Gasteiger partial charge in [-0.2, -0.15) is 0 Å². The molecule has 8 heteroatoms. The summed E-state index contributed by atoms with van der Waals surface area (Å²) in [5.41, 5.74) is 6.90. The number of rotatable bonds is 10. The molecule has 2 aromatic rings. The summed E-state index contributed by atoms with van der Waals surface area (Å²) in [5, 5.41) is 3.20. The van der Waals surface area contributed by atoms with E-state index in [9.17, 15) is 14.4 Å². The normalized spacial score (nSPS) is 24.3. The standard InChI is InChI=1S/C25H30N4O4/c1-27-18(10-17-6-3-2-4-7-17)11-22(31)29(16-30)19-12-25(13-19)14-20(15-25)33-24-21(23(26)32)8-5-9-28-24/h2-9,16,18-20,27H,10-15H2,1H3,(H2,26,32)/t18?,19-,20-,25?. The Balaban J connectivity index is 1.27. The van der Waals surface area contributed by atoms with E-state index in [0.29, 0.717) is 6.41 Å². The van der Waals surface area contributed by atoms with E-state index in [-0.39, 0.29) is 47.4 Å². The minimum Gasteiger partial charge on any atom is -0.474 e. The third kappa shape index (κ3) is 5.06. The molecule has 1 unspecified atom stereocenters. The second-order valence-electron chi connectivity index (χ2n) is 9.22. The molecule has 0 bridgehead atoms.